The molecule has 4 heteroatoms. The lowest BCUT2D eigenvalue weighted by Crippen LogP contribution is -2.02. The van der Waals surface area contributed by atoms with E-state index in [4.69, 9.17) is 4.74 Å². The lowest BCUT2D eigenvalue weighted by molar-refractivity contribution is 0.286. The first-order valence-electron chi connectivity index (χ1n) is 5.92. The van der Waals surface area contributed by atoms with Gasteiger partial charge in [-0.15, -0.1) is 0 Å². The second-order valence-electron chi connectivity index (χ2n) is 4.32. The third kappa shape index (κ3) is 2.75. The maximum absolute atomic E-state index is 13.7. The van der Waals surface area contributed by atoms with Gasteiger partial charge in [0.1, 0.15) is 11.5 Å². The van der Waals surface area contributed by atoms with E-state index in [-0.39, 0.29) is 17.0 Å². The van der Waals surface area contributed by atoms with Crippen LogP contribution in [0, 0.1) is 11.7 Å². The smallest absolute Gasteiger partial charge is 0.181 e. The Balaban J connectivity index is 2.38. The van der Waals surface area contributed by atoms with Gasteiger partial charge in [-0.25, -0.2) is 8.78 Å². The molecule has 2 nitrogen and oxygen atoms in total. The van der Waals surface area contributed by atoms with Gasteiger partial charge >= 0.3 is 0 Å². The molecule has 0 heterocycles. The summed E-state index contributed by atoms with van der Waals surface area (Å²) < 4.78 is 32.5. The molecular weight excluding hydrogens is 236 g/mol. The van der Waals surface area contributed by atoms with Gasteiger partial charge in [-0.1, -0.05) is 6.58 Å². The highest BCUT2D eigenvalue weighted by atomic mass is 19.1. The predicted octanol–water partition coefficient (Wildman–Crippen LogP) is 4.28. The molecule has 96 valence electrons. The van der Waals surface area contributed by atoms with Gasteiger partial charge < -0.3 is 4.74 Å². The van der Waals surface area contributed by atoms with Gasteiger partial charge in [0.2, 0.25) is 0 Å². The van der Waals surface area contributed by atoms with Crippen LogP contribution in [-0.2, 0) is 0 Å². The summed E-state index contributed by atoms with van der Waals surface area (Å²) in [7, 11) is 0. The van der Waals surface area contributed by atoms with Gasteiger partial charge in [0.15, 0.2) is 11.6 Å². The monoisotopic (exact) mass is 251 g/mol. The highest BCUT2D eigenvalue weighted by Gasteiger charge is 2.24. The van der Waals surface area contributed by atoms with Gasteiger partial charge in [0.25, 0.3) is 0 Å². The third-order valence-corrected chi connectivity index (χ3v) is 2.79. The van der Waals surface area contributed by atoms with Gasteiger partial charge in [-0.05, 0) is 37.8 Å². The largest absolute Gasteiger partial charge is 0.488 e. The van der Waals surface area contributed by atoms with Crippen molar-refractivity contribution in [2.45, 2.75) is 19.8 Å². The first-order valence-corrected chi connectivity index (χ1v) is 5.92. The van der Waals surface area contributed by atoms with Crippen LogP contribution >= 0.6 is 0 Å². The molecule has 1 aromatic carbocycles. The molecule has 0 unspecified atom stereocenters. The Morgan fingerprint density at radius 2 is 2.28 bits per heavy atom. The summed E-state index contributed by atoms with van der Waals surface area (Å²) in [5.74, 6) is -0.676. The van der Waals surface area contributed by atoms with Crippen molar-refractivity contribution >= 4 is 17.7 Å². The normalized spacial score (nSPS) is 15.1. The molecule has 0 radical (unpaired) electrons. The van der Waals surface area contributed by atoms with E-state index in [0.717, 1.165) is 12.8 Å². The van der Waals surface area contributed by atoms with Crippen molar-refractivity contribution in [2.24, 2.45) is 10.9 Å². The van der Waals surface area contributed by atoms with E-state index in [1.54, 1.807) is 6.92 Å². The molecule has 0 bridgehead atoms. The number of hydrogen-bond donors (Lipinski definition) is 0. The van der Waals surface area contributed by atoms with E-state index >= 15 is 0 Å². The molecule has 2 rings (SSSR count). The Bertz CT molecular complexity index is 493. The number of halogens is 2. The van der Waals surface area contributed by atoms with E-state index in [0.29, 0.717) is 12.5 Å². The van der Waals surface area contributed by atoms with Crippen molar-refractivity contribution in [2.75, 3.05) is 6.61 Å². The number of aliphatic imine (C=N–C) groups is 1. The van der Waals surface area contributed by atoms with Crippen LogP contribution in [-0.4, -0.2) is 12.8 Å². The Morgan fingerprint density at radius 3 is 2.83 bits per heavy atom. The van der Waals surface area contributed by atoms with E-state index in [9.17, 15) is 8.78 Å². The van der Waals surface area contributed by atoms with Crippen LogP contribution in [0.1, 0.15) is 25.3 Å². The maximum atomic E-state index is 13.7. The van der Waals surface area contributed by atoms with Crippen molar-refractivity contribution in [3.63, 3.8) is 0 Å². The van der Waals surface area contributed by atoms with Crippen molar-refractivity contribution in [3.05, 3.63) is 30.1 Å². The number of benzene rings is 1. The minimum absolute atomic E-state index is 0.0105. The maximum Gasteiger partial charge on any atom is 0.181 e. The van der Waals surface area contributed by atoms with Gasteiger partial charge in [0, 0.05) is 11.8 Å². The fourth-order valence-corrected chi connectivity index (χ4v) is 1.65. The summed E-state index contributed by atoms with van der Waals surface area (Å²) in [6.45, 7) is 5.36. The van der Waals surface area contributed by atoms with Crippen molar-refractivity contribution in [1.82, 2.24) is 0 Å². The number of nitrogens with zero attached hydrogens (tertiary/aromatic N) is 1. The second-order valence-corrected chi connectivity index (χ2v) is 4.32. The van der Waals surface area contributed by atoms with Crippen molar-refractivity contribution in [1.29, 1.82) is 0 Å². The number of ether oxygens (including phenoxy) is 1. The number of rotatable bonds is 5. The SMILES string of the molecule is C=C(F)c1ccc(F)c(OCC2CC2)c1N=CC. The molecule has 0 aliphatic heterocycles. The highest BCUT2D eigenvalue weighted by Crippen LogP contribution is 2.39. The Morgan fingerprint density at radius 1 is 1.56 bits per heavy atom. The van der Waals surface area contributed by atoms with E-state index in [2.05, 4.69) is 11.6 Å². The molecule has 0 N–H and O–H groups in total. The molecule has 1 saturated carbocycles. The Labute approximate surface area is 105 Å². The van der Waals surface area contributed by atoms with Crippen LogP contribution in [0.25, 0.3) is 5.83 Å². The summed E-state index contributed by atoms with van der Waals surface area (Å²) in [6.07, 6.45) is 3.68. The van der Waals surface area contributed by atoms with Crippen LogP contribution in [0.15, 0.2) is 23.7 Å². The minimum atomic E-state index is -0.646. The van der Waals surface area contributed by atoms with E-state index in [1.807, 2.05) is 0 Å². The molecule has 0 aromatic heterocycles. The summed E-state index contributed by atoms with van der Waals surface area (Å²) in [5.41, 5.74) is 0.339. The molecular formula is C14H15F2NO. The molecule has 1 aliphatic carbocycles. The highest BCUT2D eigenvalue weighted by molar-refractivity contribution is 5.77. The first kappa shape index (κ1) is 12.7. The van der Waals surface area contributed by atoms with Crippen LogP contribution < -0.4 is 4.74 Å². The molecule has 1 fully saturated rings. The average Bonchev–Trinajstić information content (AvgIpc) is 3.12. The zero-order valence-electron chi connectivity index (χ0n) is 10.2. The van der Waals surface area contributed by atoms with E-state index < -0.39 is 11.6 Å². The molecule has 1 aliphatic rings. The van der Waals surface area contributed by atoms with Crippen LogP contribution in [0.4, 0.5) is 14.5 Å². The summed E-state index contributed by atoms with van der Waals surface area (Å²) in [4.78, 5) is 4.00. The van der Waals surface area contributed by atoms with Gasteiger partial charge in [-0.3, -0.25) is 4.99 Å². The lowest BCUT2D eigenvalue weighted by Gasteiger charge is -2.12. The minimum Gasteiger partial charge on any atom is -0.488 e. The zero-order valence-corrected chi connectivity index (χ0v) is 10.2. The fourth-order valence-electron chi connectivity index (χ4n) is 1.65. The summed E-state index contributed by atoms with van der Waals surface area (Å²) in [5, 5.41) is 0. The second kappa shape index (κ2) is 5.29. The standard InChI is InChI=1S/C14H15F2NO/c1-3-17-13-11(9(2)15)6-7-12(16)14(13)18-8-10-4-5-10/h3,6-7,10H,2,4-5,8H2,1H3. The van der Waals surface area contributed by atoms with Crippen LogP contribution in [0.5, 0.6) is 5.75 Å². The van der Waals surface area contributed by atoms with Crippen molar-refractivity contribution in [3.8, 4) is 5.75 Å². The van der Waals surface area contributed by atoms with E-state index in [1.165, 1.54) is 18.3 Å². The molecule has 0 atom stereocenters. The zero-order chi connectivity index (χ0) is 13.1. The molecule has 1 aromatic rings. The van der Waals surface area contributed by atoms with Crippen molar-refractivity contribution < 1.29 is 13.5 Å². The Kier molecular flexibility index (Phi) is 3.75. The van der Waals surface area contributed by atoms with Gasteiger partial charge in [0.05, 0.1) is 6.61 Å². The topological polar surface area (TPSA) is 21.6 Å². The lowest BCUT2D eigenvalue weighted by atomic mass is 10.1. The quantitative estimate of drug-likeness (QED) is 0.716. The molecule has 0 spiro atoms. The summed E-state index contributed by atoms with van der Waals surface area (Å²) in [6, 6.07) is 2.50. The summed E-state index contributed by atoms with van der Waals surface area (Å²) >= 11 is 0. The molecule has 0 saturated heterocycles. The average molecular weight is 251 g/mol. The van der Waals surface area contributed by atoms with Gasteiger partial charge in [-0.2, -0.15) is 0 Å². The molecule has 0 amide bonds. The number of hydrogen-bond acceptors (Lipinski definition) is 2. The predicted molar refractivity (Wildman–Crippen MR) is 68.6 cm³/mol. The fraction of sp³-hybridized carbons (Fsp3) is 0.357. The third-order valence-electron chi connectivity index (χ3n) is 2.79. The first-order chi connectivity index (χ1) is 8.63. The van der Waals surface area contributed by atoms with Crippen LogP contribution in [0.3, 0.4) is 0 Å². The van der Waals surface area contributed by atoms with Crippen LogP contribution in [0.2, 0.25) is 0 Å². The molecule has 18 heavy (non-hydrogen) atoms. The Hall–Kier alpha value is -1.71.